The van der Waals surface area contributed by atoms with E-state index in [0.717, 1.165) is 13.0 Å². The Morgan fingerprint density at radius 2 is 2.38 bits per heavy atom. The molecule has 8 heteroatoms. The average molecular weight is 331 g/mol. The minimum atomic E-state index is -0.385. The van der Waals surface area contributed by atoms with Gasteiger partial charge < -0.3 is 19.2 Å². The highest BCUT2D eigenvalue weighted by molar-refractivity contribution is 5.76. The van der Waals surface area contributed by atoms with Crippen LogP contribution in [0.25, 0.3) is 0 Å². The van der Waals surface area contributed by atoms with Crippen LogP contribution in [0, 0.1) is 6.92 Å². The van der Waals surface area contributed by atoms with Gasteiger partial charge >= 0.3 is 0 Å². The number of nitrogens with one attached hydrogen (secondary N) is 1. The number of aromatic nitrogens is 4. The maximum absolute atomic E-state index is 12.4. The second-order valence-electron chi connectivity index (χ2n) is 5.88. The number of carbonyl (C=O) groups excluding carboxylic acids is 1. The molecule has 0 aromatic carbocycles. The molecule has 1 aliphatic rings. The average Bonchev–Trinajstić information content (AvgIpc) is 3.07. The van der Waals surface area contributed by atoms with Gasteiger partial charge in [0.15, 0.2) is 0 Å². The predicted molar refractivity (Wildman–Crippen MR) is 86.3 cm³/mol. The van der Waals surface area contributed by atoms with E-state index in [9.17, 15) is 9.59 Å². The van der Waals surface area contributed by atoms with E-state index in [1.165, 1.54) is 6.07 Å². The van der Waals surface area contributed by atoms with Crippen molar-refractivity contribution >= 4 is 5.91 Å². The molecular formula is C16H21N5O3. The van der Waals surface area contributed by atoms with Crippen LogP contribution in [-0.2, 0) is 16.1 Å². The predicted octanol–water partition coefficient (Wildman–Crippen LogP) is 0.655. The van der Waals surface area contributed by atoms with Gasteiger partial charge in [-0.05, 0) is 13.3 Å². The lowest BCUT2D eigenvalue weighted by atomic mass is 10.2. The van der Waals surface area contributed by atoms with Crippen LogP contribution in [0.15, 0.2) is 29.6 Å². The normalized spacial score (nSPS) is 17.9. The van der Waals surface area contributed by atoms with Gasteiger partial charge in [-0.25, -0.2) is 9.97 Å². The number of ether oxygens (including phenoxy) is 1. The molecule has 2 aromatic rings. The molecule has 8 nitrogen and oxygen atoms in total. The quantitative estimate of drug-likeness (QED) is 0.868. The fourth-order valence-corrected chi connectivity index (χ4v) is 2.79. The number of imidazole rings is 1. The number of hydrogen-bond acceptors (Lipinski definition) is 5. The number of nitrogens with zero attached hydrogens (tertiary/aromatic N) is 4. The van der Waals surface area contributed by atoms with E-state index < -0.39 is 0 Å². The molecule has 1 saturated heterocycles. The van der Waals surface area contributed by atoms with Crippen LogP contribution in [0.3, 0.4) is 0 Å². The Hall–Kier alpha value is -2.48. The third-order valence-corrected chi connectivity index (χ3v) is 3.98. The van der Waals surface area contributed by atoms with Crippen LogP contribution in [0.5, 0.6) is 0 Å². The molecule has 0 spiro atoms. The van der Waals surface area contributed by atoms with Crippen molar-refractivity contribution in [2.24, 2.45) is 0 Å². The number of amides is 1. The Kier molecular flexibility index (Phi) is 5.05. The van der Waals surface area contributed by atoms with Gasteiger partial charge in [-0.3, -0.25) is 9.59 Å². The molecule has 0 aliphatic carbocycles. The fraction of sp³-hybridized carbons (Fsp3) is 0.500. The first-order chi connectivity index (χ1) is 11.6. The lowest BCUT2D eigenvalue weighted by Crippen LogP contribution is -2.43. The summed E-state index contributed by atoms with van der Waals surface area (Å²) in [5.41, 5.74) is 0.436. The SMILES string of the molecule is Cc1cc(=O)[nH]c(C2CN(C(=O)CCCn3ccnc3)CCO2)n1. The molecule has 0 saturated carbocycles. The second kappa shape index (κ2) is 7.39. The first-order valence-corrected chi connectivity index (χ1v) is 8.05. The molecule has 128 valence electrons. The smallest absolute Gasteiger partial charge is 0.251 e. The minimum absolute atomic E-state index is 0.0958. The van der Waals surface area contributed by atoms with Gasteiger partial charge in [0.25, 0.3) is 5.56 Å². The van der Waals surface area contributed by atoms with Gasteiger partial charge in [0.2, 0.25) is 5.91 Å². The zero-order chi connectivity index (χ0) is 16.9. The maximum atomic E-state index is 12.4. The number of morpholine rings is 1. The summed E-state index contributed by atoms with van der Waals surface area (Å²) < 4.78 is 7.63. The third kappa shape index (κ3) is 4.08. The Bertz CT molecular complexity index is 740. The number of aryl methyl sites for hydroxylation is 2. The molecule has 24 heavy (non-hydrogen) atoms. The number of H-pyrrole nitrogens is 1. The minimum Gasteiger partial charge on any atom is -0.367 e. The summed E-state index contributed by atoms with van der Waals surface area (Å²) >= 11 is 0. The van der Waals surface area contributed by atoms with Crippen molar-refractivity contribution in [1.82, 2.24) is 24.4 Å². The Balaban J connectivity index is 1.56. The van der Waals surface area contributed by atoms with Gasteiger partial charge in [-0.15, -0.1) is 0 Å². The lowest BCUT2D eigenvalue weighted by Gasteiger charge is -2.32. The number of rotatable bonds is 5. The van der Waals surface area contributed by atoms with Crippen molar-refractivity contribution in [3.63, 3.8) is 0 Å². The molecule has 3 rings (SSSR count). The highest BCUT2D eigenvalue weighted by Crippen LogP contribution is 2.19. The van der Waals surface area contributed by atoms with Gasteiger partial charge in [-0.1, -0.05) is 0 Å². The molecule has 1 atom stereocenters. The second-order valence-corrected chi connectivity index (χ2v) is 5.88. The molecule has 1 fully saturated rings. The molecule has 1 aliphatic heterocycles. The van der Waals surface area contributed by atoms with E-state index >= 15 is 0 Å². The molecule has 0 radical (unpaired) electrons. The van der Waals surface area contributed by atoms with Crippen LogP contribution in [0.1, 0.15) is 30.5 Å². The standard InChI is InChI=1S/C16H21N5O3/c1-12-9-14(22)19-16(18-12)13-10-21(7-8-24-13)15(23)3-2-5-20-6-4-17-11-20/h4,6,9,11,13H,2-3,5,7-8,10H2,1H3,(H,18,19,22). The van der Waals surface area contributed by atoms with E-state index in [1.54, 1.807) is 24.3 Å². The monoisotopic (exact) mass is 331 g/mol. The van der Waals surface area contributed by atoms with Crippen LogP contribution in [-0.4, -0.2) is 50.0 Å². The summed E-state index contributed by atoms with van der Waals surface area (Å²) in [5, 5.41) is 0. The number of hydrogen-bond donors (Lipinski definition) is 1. The fourth-order valence-electron chi connectivity index (χ4n) is 2.79. The van der Waals surface area contributed by atoms with Crippen molar-refractivity contribution in [2.45, 2.75) is 32.4 Å². The van der Waals surface area contributed by atoms with Crippen LogP contribution >= 0.6 is 0 Å². The molecular weight excluding hydrogens is 310 g/mol. The molecule has 1 unspecified atom stereocenters. The van der Waals surface area contributed by atoms with Crippen molar-refractivity contribution in [2.75, 3.05) is 19.7 Å². The Morgan fingerprint density at radius 3 is 3.12 bits per heavy atom. The largest absolute Gasteiger partial charge is 0.367 e. The highest BCUT2D eigenvalue weighted by Gasteiger charge is 2.26. The first-order valence-electron chi connectivity index (χ1n) is 8.05. The molecule has 3 heterocycles. The summed E-state index contributed by atoms with van der Waals surface area (Å²) in [6, 6.07) is 1.44. The summed E-state index contributed by atoms with van der Waals surface area (Å²) in [6.45, 7) is 3.95. The molecule has 0 bridgehead atoms. The summed E-state index contributed by atoms with van der Waals surface area (Å²) in [7, 11) is 0. The van der Waals surface area contributed by atoms with Crippen molar-refractivity contribution in [1.29, 1.82) is 0 Å². The van der Waals surface area contributed by atoms with Crippen LogP contribution < -0.4 is 5.56 Å². The number of carbonyl (C=O) groups is 1. The number of aromatic amines is 1. The first kappa shape index (κ1) is 16.4. The summed E-state index contributed by atoms with van der Waals surface area (Å²) in [6.07, 6.45) is 6.21. The van der Waals surface area contributed by atoms with E-state index in [4.69, 9.17) is 4.74 Å². The van der Waals surface area contributed by atoms with Gasteiger partial charge in [0.1, 0.15) is 11.9 Å². The van der Waals surface area contributed by atoms with E-state index in [1.807, 2.05) is 10.8 Å². The zero-order valence-corrected chi connectivity index (χ0v) is 13.6. The maximum Gasteiger partial charge on any atom is 0.251 e. The third-order valence-electron chi connectivity index (χ3n) is 3.98. The topological polar surface area (TPSA) is 93.1 Å². The van der Waals surface area contributed by atoms with E-state index in [0.29, 0.717) is 37.6 Å². The van der Waals surface area contributed by atoms with Crippen molar-refractivity contribution in [3.8, 4) is 0 Å². The Morgan fingerprint density at radius 1 is 1.50 bits per heavy atom. The van der Waals surface area contributed by atoms with E-state index in [-0.39, 0.29) is 17.6 Å². The van der Waals surface area contributed by atoms with Crippen molar-refractivity contribution in [3.05, 3.63) is 46.7 Å². The Labute approximate surface area is 139 Å². The van der Waals surface area contributed by atoms with Crippen LogP contribution in [0.2, 0.25) is 0 Å². The molecule has 1 amide bonds. The van der Waals surface area contributed by atoms with E-state index in [2.05, 4.69) is 15.0 Å². The highest BCUT2D eigenvalue weighted by atomic mass is 16.5. The van der Waals surface area contributed by atoms with Crippen molar-refractivity contribution < 1.29 is 9.53 Å². The zero-order valence-electron chi connectivity index (χ0n) is 13.6. The van der Waals surface area contributed by atoms with Gasteiger partial charge in [0.05, 0.1) is 19.5 Å². The van der Waals surface area contributed by atoms with Gasteiger partial charge in [-0.2, -0.15) is 0 Å². The molecule has 2 aromatic heterocycles. The summed E-state index contributed by atoms with van der Waals surface area (Å²) in [4.78, 5) is 36.8. The summed E-state index contributed by atoms with van der Waals surface area (Å²) in [5.74, 6) is 0.578. The lowest BCUT2D eigenvalue weighted by molar-refractivity contribution is -0.139. The van der Waals surface area contributed by atoms with Gasteiger partial charge in [0, 0.05) is 43.7 Å². The van der Waals surface area contributed by atoms with Crippen LogP contribution in [0.4, 0.5) is 0 Å². The molecule has 1 N–H and O–H groups in total.